The molecule has 0 amide bonds. The lowest BCUT2D eigenvalue weighted by Crippen LogP contribution is -2.15. The molecule has 0 bridgehead atoms. The Morgan fingerprint density at radius 1 is 1.38 bits per heavy atom. The van der Waals surface area contributed by atoms with Crippen LogP contribution in [-0.4, -0.2) is 11.5 Å². The standard InChI is InChI=1S/C11H10ClFN2S/c1-2-15(11-14-10(12)7-16-11)9-5-3-8(13)4-6-9/h3-7H,2H2,1H3. The molecular formula is C11H10ClFN2S. The maximum absolute atomic E-state index is 12.8. The zero-order valence-corrected chi connectivity index (χ0v) is 10.2. The molecule has 16 heavy (non-hydrogen) atoms. The molecule has 0 radical (unpaired) electrons. The zero-order chi connectivity index (χ0) is 11.5. The molecule has 1 heterocycles. The van der Waals surface area contributed by atoms with Crippen LogP contribution < -0.4 is 4.90 Å². The van der Waals surface area contributed by atoms with Crippen molar-refractivity contribution in [2.45, 2.75) is 6.92 Å². The van der Waals surface area contributed by atoms with Gasteiger partial charge in [0, 0.05) is 17.6 Å². The van der Waals surface area contributed by atoms with Gasteiger partial charge in [0.25, 0.3) is 0 Å². The van der Waals surface area contributed by atoms with Gasteiger partial charge >= 0.3 is 0 Å². The maximum Gasteiger partial charge on any atom is 0.191 e. The van der Waals surface area contributed by atoms with E-state index in [0.717, 1.165) is 17.4 Å². The Morgan fingerprint density at radius 3 is 2.56 bits per heavy atom. The van der Waals surface area contributed by atoms with Gasteiger partial charge in [0.1, 0.15) is 11.0 Å². The van der Waals surface area contributed by atoms with Gasteiger partial charge in [0.05, 0.1) is 0 Å². The van der Waals surface area contributed by atoms with Crippen molar-refractivity contribution in [2.75, 3.05) is 11.4 Å². The molecule has 0 aliphatic rings. The minimum absolute atomic E-state index is 0.239. The lowest BCUT2D eigenvalue weighted by Gasteiger charge is -2.19. The van der Waals surface area contributed by atoms with Crippen molar-refractivity contribution in [1.82, 2.24) is 4.98 Å². The SMILES string of the molecule is CCN(c1ccc(F)cc1)c1nc(Cl)cs1. The average Bonchev–Trinajstić information content (AvgIpc) is 2.69. The van der Waals surface area contributed by atoms with Crippen molar-refractivity contribution >= 4 is 33.8 Å². The molecular weight excluding hydrogens is 247 g/mol. The summed E-state index contributed by atoms with van der Waals surface area (Å²) in [4.78, 5) is 6.18. The Balaban J connectivity index is 2.32. The fourth-order valence-electron chi connectivity index (χ4n) is 1.42. The van der Waals surface area contributed by atoms with Crippen LogP contribution in [0.5, 0.6) is 0 Å². The van der Waals surface area contributed by atoms with Crippen molar-refractivity contribution in [3.63, 3.8) is 0 Å². The first-order valence-corrected chi connectivity index (χ1v) is 6.10. The molecule has 2 aromatic rings. The lowest BCUT2D eigenvalue weighted by molar-refractivity contribution is 0.628. The molecule has 0 aliphatic carbocycles. The van der Waals surface area contributed by atoms with E-state index in [4.69, 9.17) is 11.6 Å². The lowest BCUT2D eigenvalue weighted by atomic mass is 10.3. The summed E-state index contributed by atoms with van der Waals surface area (Å²) >= 11 is 7.26. The number of thiazole rings is 1. The Kier molecular flexibility index (Phi) is 3.41. The second kappa shape index (κ2) is 4.80. The molecule has 0 saturated carbocycles. The molecule has 0 atom stereocenters. The summed E-state index contributed by atoms with van der Waals surface area (Å²) in [5, 5.41) is 3.09. The van der Waals surface area contributed by atoms with Crippen molar-refractivity contribution in [3.05, 3.63) is 40.6 Å². The van der Waals surface area contributed by atoms with Crippen LogP contribution in [-0.2, 0) is 0 Å². The first-order chi connectivity index (χ1) is 7.70. The van der Waals surface area contributed by atoms with E-state index in [1.54, 1.807) is 17.5 Å². The van der Waals surface area contributed by atoms with Gasteiger partial charge in [-0.2, -0.15) is 0 Å². The monoisotopic (exact) mass is 256 g/mol. The van der Waals surface area contributed by atoms with Crippen LogP contribution in [0.15, 0.2) is 29.6 Å². The molecule has 0 N–H and O–H groups in total. The molecule has 1 aromatic heterocycles. The third kappa shape index (κ3) is 2.33. The van der Waals surface area contributed by atoms with Crippen LogP contribution in [0.3, 0.4) is 0 Å². The van der Waals surface area contributed by atoms with E-state index in [2.05, 4.69) is 4.98 Å². The molecule has 2 nitrogen and oxygen atoms in total. The Hall–Kier alpha value is -1.13. The largest absolute Gasteiger partial charge is 0.318 e. The van der Waals surface area contributed by atoms with E-state index < -0.39 is 0 Å². The molecule has 0 spiro atoms. The minimum atomic E-state index is -0.239. The van der Waals surface area contributed by atoms with Gasteiger partial charge < -0.3 is 4.90 Å². The van der Waals surface area contributed by atoms with Gasteiger partial charge in [-0.15, -0.1) is 11.3 Å². The number of hydrogen-bond acceptors (Lipinski definition) is 3. The molecule has 5 heteroatoms. The smallest absolute Gasteiger partial charge is 0.191 e. The molecule has 84 valence electrons. The fraction of sp³-hybridized carbons (Fsp3) is 0.182. The van der Waals surface area contributed by atoms with Gasteiger partial charge in [0.15, 0.2) is 5.13 Å². The van der Waals surface area contributed by atoms with Crippen LogP contribution >= 0.6 is 22.9 Å². The van der Waals surface area contributed by atoms with E-state index in [0.29, 0.717) is 5.15 Å². The fourth-order valence-corrected chi connectivity index (χ4v) is 2.45. The van der Waals surface area contributed by atoms with Gasteiger partial charge in [-0.3, -0.25) is 0 Å². The second-order valence-electron chi connectivity index (χ2n) is 3.17. The predicted molar refractivity (Wildman–Crippen MR) is 66.2 cm³/mol. The highest BCUT2D eigenvalue weighted by Crippen LogP contribution is 2.29. The number of halogens is 2. The van der Waals surface area contributed by atoms with E-state index >= 15 is 0 Å². The number of nitrogens with zero attached hydrogens (tertiary/aromatic N) is 2. The van der Waals surface area contributed by atoms with Crippen molar-refractivity contribution in [3.8, 4) is 0 Å². The summed E-state index contributed by atoms with van der Waals surface area (Å²) in [6.07, 6.45) is 0. The number of benzene rings is 1. The van der Waals surface area contributed by atoms with Gasteiger partial charge in [0.2, 0.25) is 0 Å². The Morgan fingerprint density at radius 2 is 2.06 bits per heavy atom. The summed E-state index contributed by atoms with van der Waals surface area (Å²) in [5.74, 6) is -0.239. The van der Waals surface area contributed by atoms with Crippen LogP contribution in [0.1, 0.15) is 6.92 Å². The number of rotatable bonds is 3. The third-order valence-electron chi connectivity index (χ3n) is 2.15. The van der Waals surface area contributed by atoms with Crippen LogP contribution in [0.4, 0.5) is 15.2 Å². The zero-order valence-electron chi connectivity index (χ0n) is 8.65. The summed E-state index contributed by atoms with van der Waals surface area (Å²) in [5.41, 5.74) is 0.912. The van der Waals surface area contributed by atoms with Crippen molar-refractivity contribution in [1.29, 1.82) is 0 Å². The molecule has 0 unspecified atom stereocenters. The van der Waals surface area contributed by atoms with Gasteiger partial charge in [-0.05, 0) is 31.2 Å². The second-order valence-corrected chi connectivity index (χ2v) is 4.40. The van der Waals surface area contributed by atoms with Gasteiger partial charge in [-0.25, -0.2) is 9.37 Å². The quantitative estimate of drug-likeness (QED) is 0.822. The summed E-state index contributed by atoms with van der Waals surface area (Å²) in [6.45, 7) is 2.77. The summed E-state index contributed by atoms with van der Waals surface area (Å²) in [6, 6.07) is 6.34. The molecule has 0 aliphatic heterocycles. The number of anilines is 2. The minimum Gasteiger partial charge on any atom is -0.318 e. The van der Waals surface area contributed by atoms with Crippen LogP contribution in [0, 0.1) is 5.82 Å². The average molecular weight is 257 g/mol. The maximum atomic E-state index is 12.8. The highest BCUT2D eigenvalue weighted by Gasteiger charge is 2.10. The Bertz CT molecular complexity index is 469. The first-order valence-electron chi connectivity index (χ1n) is 4.85. The van der Waals surface area contributed by atoms with E-state index in [-0.39, 0.29) is 5.82 Å². The topological polar surface area (TPSA) is 16.1 Å². The van der Waals surface area contributed by atoms with Gasteiger partial charge in [-0.1, -0.05) is 11.6 Å². The Labute approximate surface area is 102 Å². The van der Waals surface area contributed by atoms with E-state index in [1.807, 2.05) is 11.8 Å². The molecule has 1 aromatic carbocycles. The summed E-state index contributed by atoms with van der Waals surface area (Å²) in [7, 11) is 0. The highest BCUT2D eigenvalue weighted by molar-refractivity contribution is 7.14. The van der Waals surface area contributed by atoms with Crippen LogP contribution in [0.2, 0.25) is 5.15 Å². The third-order valence-corrected chi connectivity index (χ3v) is 3.34. The van der Waals surface area contributed by atoms with Crippen molar-refractivity contribution in [2.24, 2.45) is 0 Å². The molecule has 2 rings (SSSR count). The van der Waals surface area contributed by atoms with Crippen LogP contribution in [0.25, 0.3) is 0 Å². The normalized spacial score (nSPS) is 10.4. The first kappa shape index (κ1) is 11.4. The van der Waals surface area contributed by atoms with Crippen molar-refractivity contribution < 1.29 is 4.39 Å². The molecule has 0 saturated heterocycles. The summed E-state index contributed by atoms with van der Waals surface area (Å²) < 4.78 is 12.8. The number of aromatic nitrogens is 1. The van der Waals surface area contributed by atoms with E-state index in [9.17, 15) is 4.39 Å². The molecule has 0 fully saturated rings. The van der Waals surface area contributed by atoms with E-state index in [1.165, 1.54) is 23.5 Å². The highest BCUT2D eigenvalue weighted by atomic mass is 35.5. The predicted octanol–water partition coefficient (Wildman–Crippen LogP) is 4.09. The number of hydrogen-bond donors (Lipinski definition) is 0.